The fraction of sp³-hybridized carbons (Fsp3) is 0.250. The zero-order chi connectivity index (χ0) is 17.7. The SMILES string of the molecule is COc1ccc(C(=O)Nc2ccc(NC(C)C)nc2)cc1[N+](=O)[O-]. The molecule has 1 heterocycles. The number of amides is 1. The van der Waals surface area contributed by atoms with Gasteiger partial charge in [-0.3, -0.25) is 14.9 Å². The van der Waals surface area contributed by atoms with E-state index in [1.165, 1.54) is 31.5 Å². The number of nitrogens with one attached hydrogen (secondary N) is 2. The summed E-state index contributed by atoms with van der Waals surface area (Å²) >= 11 is 0. The maximum absolute atomic E-state index is 12.2. The number of hydrogen-bond acceptors (Lipinski definition) is 6. The molecule has 1 amide bonds. The Morgan fingerprint density at radius 2 is 2.04 bits per heavy atom. The molecule has 24 heavy (non-hydrogen) atoms. The zero-order valence-corrected chi connectivity index (χ0v) is 13.6. The molecule has 0 saturated carbocycles. The molecule has 2 aromatic rings. The van der Waals surface area contributed by atoms with Crippen molar-refractivity contribution in [3.8, 4) is 5.75 Å². The second-order valence-electron chi connectivity index (χ2n) is 5.33. The van der Waals surface area contributed by atoms with Crippen molar-refractivity contribution in [2.24, 2.45) is 0 Å². The minimum Gasteiger partial charge on any atom is -0.490 e. The summed E-state index contributed by atoms with van der Waals surface area (Å²) in [6, 6.07) is 7.72. The average molecular weight is 330 g/mol. The Hall–Kier alpha value is -3.16. The van der Waals surface area contributed by atoms with E-state index in [1.54, 1.807) is 12.1 Å². The molecule has 0 spiro atoms. The van der Waals surface area contributed by atoms with E-state index in [1.807, 2.05) is 13.8 Å². The first-order chi connectivity index (χ1) is 11.4. The maximum atomic E-state index is 12.2. The predicted octanol–water partition coefficient (Wildman–Crippen LogP) is 3.07. The number of nitrogens with zero attached hydrogens (tertiary/aromatic N) is 2. The number of methoxy groups -OCH3 is 1. The summed E-state index contributed by atoms with van der Waals surface area (Å²) in [5, 5.41) is 16.8. The van der Waals surface area contributed by atoms with Crippen LogP contribution in [0.3, 0.4) is 0 Å². The highest BCUT2D eigenvalue weighted by Crippen LogP contribution is 2.27. The molecule has 2 rings (SSSR count). The topological polar surface area (TPSA) is 106 Å². The van der Waals surface area contributed by atoms with Crippen molar-refractivity contribution in [1.82, 2.24) is 4.98 Å². The highest BCUT2D eigenvalue weighted by molar-refractivity contribution is 6.04. The van der Waals surface area contributed by atoms with Crippen LogP contribution in [0, 0.1) is 10.1 Å². The van der Waals surface area contributed by atoms with Crippen LogP contribution in [-0.4, -0.2) is 29.0 Å². The third-order valence-electron chi connectivity index (χ3n) is 3.10. The smallest absolute Gasteiger partial charge is 0.311 e. The lowest BCUT2D eigenvalue weighted by Crippen LogP contribution is -2.14. The van der Waals surface area contributed by atoms with Crippen LogP contribution in [0.15, 0.2) is 36.5 Å². The van der Waals surface area contributed by atoms with Crippen molar-refractivity contribution in [1.29, 1.82) is 0 Å². The number of carbonyl (C=O) groups is 1. The Morgan fingerprint density at radius 1 is 1.29 bits per heavy atom. The van der Waals surface area contributed by atoms with Gasteiger partial charge in [0.1, 0.15) is 5.82 Å². The van der Waals surface area contributed by atoms with Crippen LogP contribution >= 0.6 is 0 Å². The van der Waals surface area contributed by atoms with Gasteiger partial charge in [0.15, 0.2) is 5.75 Å². The molecule has 2 N–H and O–H groups in total. The Kier molecular flexibility index (Phi) is 5.31. The summed E-state index contributed by atoms with van der Waals surface area (Å²) in [4.78, 5) is 26.8. The van der Waals surface area contributed by atoms with Gasteiger partial charge in [0.2, 0.25) is 0 Å². The molecule has 126 valence electrons. The molecule has 0 unspecified atom stereocenters. The Balaban J connectivity index is 2.15. The fourth-order valence-electron chi connectivity index (χ4n) is 2.03. The molecule has 0 bridgehead atoms. The average Bonchev–Trinajstić information content (AvgIpc) is 2.55. The van der Waals surface area contributed by atoms with Crippen LogP contribution in [0.1, 0.15) is 24.2 Å². The normalized spacial score (nSPS) is 10.3. The minimum atomic E-state index is -0.594. The number of benzene rings is 1. The maximum Gasteiger partial charge on any atom is 0.311 e. The predicted molar refractivity (Wildman–Crippen MR) is 90.6 cm³/mol. The lowest BCUT2D eigenvalue weighted by Gasteiger charge is -2.10. The van der Waals surface area contributed by atoms with E-state index < -0.39 is 10.8 Å². The van der Waals surface area contributed by atoms with Crippen LogP contribution in [0.5, 0.6) is 5.75 Å². The van der Waals surface area contributed by atoms with Crippen LogP contribution in [0.25, 0.3) is 0 Å². The van der Waals surface area contributed by atoms with Crippen molar-refractivity contribution in [3.63, 3.8) is 0 Å². The monoisotopic (exact) mass is 330 g/mol. The molecule has 0 aliphatic heterocycles. The molecule has 0 aliphatic carbocycles. The van der Waals surface area contributed by atoms with Gasteiger partial charge in [-0.25, -0.2) is 4.98 Å². The van der Waals surface area contributed by atoms with E-state index in [4.69, 9.17) is 4.74 Å². The molecule has 8 nitrogen and oxygen atoms in total. The van der Waals surface area contributed by atoms with Gasteiger partial charge in [0.05, 0.1) is 23.9 Å². The van der Waals surface area contributed by atoms with E-state index >= 15 is 0 Å². The van der Waals surface area contributed by atoms with Crippen molar-refractivity contribution in [2.75, 3.05) is 17.7 Å². The van der Waals surface area contributed by atoms with Crippen molar-refractivity contribution >= 4 is 23.1 Å². The van der Waals surface area contributed by atoms with Crippen molar-refractivity contribution in [2.45, 2.75) is 19.9 Å². The molecular formula is C16H18N4O4. The standard InChI is InChI=1S/C16H18N4O4/c1-10(2)18-15-7-5-12(9-17-15)19-16(21)11-4-6-14(24-3)13(8-11)20(22)23/h4-10H,1-3H3,(H,17,18)(H,19,21). The number of pyridine rings is 1. The largest absolute Gasteiger partial charge is 0.490 e. The van der Waals surface area contributed by atoms with E-state index in [9.17, 15) is 14.9 Å². The second-order valence-corrected chi connectivity index (χ2v) is 5.33. The molecular weight excluding hydrogens is 312 g/mol. The number of aromatic nitrogens is 1. The number of hydrogen-bond donors (Lipinski definition) is 2. The highest BCUT2D eigenvalue weighted by Gasteiger charge is 2.18. The van der Waals surface area contributed by atoms with Gasteiger partial charge < -0.3 is 15.4 Å². The van der Waals surface area contributed by atoms with Gasteiger partial charge in [0, 0.05) is 17.7 Å². The van der Waals surface area contributed by atoms with Crippen LogP contribution in [-0.2, 0) is 0 Å². The molecule has 8 heteroatoms. The second kappa shape index (κ2) is 7.40. The van der Waals surface area contributed by atoms with Gasteiger partial charge in [-0.2, -0.15) is 0 Å². The third kappa shape index (κ3) is 4.19. The number of carbonyl (C=O) groups excluding carboxylic acids is 1. The molecule has 0 radical (unpaired) electrons. The summed E-state index contributed by atoms with van der Waals surface area (Å²) in [5.41, 5.74) is 0.388. The summed E-state index contributed by atoms with van der Waals surface area (Å²) in [5.74, 6) is 0.331. The first kappa shape index (κ1) is 17.2. The summed E-state index contributed by atoms with van der Waals surface area (Å²) in [6.07, 6.45) is 1.51. The van der Waals surface area contributed by atoms with Crippen molar-refractivity contribution in [3.05, 3.63) is 52.2 Å². The first-order valence-corrected chi connectivity index (χ1v) is 7.27. The number of nitro benzene ring substituents is 1. The molecule has 0 fully saturated rings. The van der Waals surface area contributed by atoms with Gasteiger partial charge >= 0.3 is 5.69 Å². The summed E-state index contributed by atoms with van der Waals surface area (Å²) in [6.45, 7) is 3.99. The first-order valence-electron chi connectivity index (χ1n) is 7.27. The van der Waals surface area contributed by atoms with Crippen LogP contribution < -0.4 is 15.4 Å². The number of nitro groups is 1. The number of rotatable bonds is 6. The van der Waals surface area contributed by atoms with E-state index in [0.717, 1.165) is 0 Å². The fourth-order valence-corrected chi connectivity index (χ4v) is 2.03. The minimum absolute atomic E-state index is 0.0994. The van der Waals surface area contributed by atoms with Crippen LogP contribution in [0.2, 0.25) is 0 Å². The van der Waals surface area contributed by atoms with Gasteiger partial charge in [0.25, 0.3) is 5.91 Å². The Morgan fingerprint density at radius 3 is 2.58 bits per heavy atom. The Bertz CT molecular complexity index is 744. The molecule has 0 aliphatic rings. The van der Waals surface area contributed by atoms with E-state index in [-0.39, 0.29) is 23.0 Å². The molecule has 0 atom stereocenters. The van der Waals surface area contributed by atoms with E-state index in [2.05, 4.69) is 15.6 Å². The lowest BCUT2D eigenvalue weighted by molar-refractivity contribution is -0.385. The Labute approximate surface area is 139 Å². The number of anilines is 2. The van der Waals surface area contributed by atoms with Crippen LogP contribution in [0.4, 0.5) is 17.2 Å². The van der Waals surface area contributed by atoms with Crippen molar-refractivity contribution < 1.29 is 14.5 Å². The molecule has 0 saturated heterocycles. The molecule has 1 aromatic carbocycles. The quantitative estimate of drug-likeness (QED) is 0.623. The third-order valence-corrected chi connectivity index (χ3v) is 3.10. The van der Waals surface area contributed by atoms with Gasteiger partial charge in [-0.05, 0) is 38.1 Å². The summed E-state index contributed by atoms with van der Waals surface area (Å²) < 4.78 is 4.91. The summed E-state index contributed by atoms with van der Waals surface area (Å²) in [7, 11) is 1.33. The van der Waals surface area contributed by atoms with Gasteiger partial charge in [-0.1, -0.05) is 0 Å². The zero-order valence-electron chi connectivity index (χ0n) is 13.6. The highest BCUT2D eigenvalue weighted by atomic mass is 16.6. The van der Waals surface area contributed by atoms with Gasteiger partial charge in [-0.15, -0.1) is 0 Å². The number of ether oxygens (including phenoxy) is 1. The lowest BCUT2D eigenvalue weighted by atomic mass is 10.1. The molecule has 1 aromatic heterocycles. The van der Waals surface area contributed by atoms with E-state index in [0.29, 0.717) is 11.5 Å².